The van der Waals surface area contributed by atoms with E-state index >= 15 is 0 Å². The Labute approximate surface area is 252 Å². The Morgan fingerprint density at radius 3 is 1.52 bits per heavy atom. The minimum absolute atomic E-state index is 0.0334. The van der Waals surface area contributed by atoms with Gasteiger partial charge in [-0.15, -0.1) is 0 Å². The first-order chi connectivity index (χ1) is 19.1. The molecule has 0 fully saturated rings. The zero-order valence-corrected chi connectivity index (χ0v) is 29.5. The smallest absolute Gasteiger partial charge is 0.159 e. The molecule has 0 aliphatic heterocycles. The number of allylic oxidation sites excluding steroid dienone is 2. The number of aryl methyl sites for hydroxylation is 4. The van der Waals surface area contributed by atoms with Crippen LogP contribution in [-0.2, 0) is 16.0 Å². The Balaban J connectivity index is -0.0000000922. The number of carbonyl (C=O) groups excluding carboxylic acids is 2. The molecule has 2 aromatic rings. The Morgan fingerprint density at radius 2 is 1.20 bits per heavy atom. The molecular weight excluding hydrogens is 488 g/mol. The van der Waals surface area contributed by atoms with E-state index in [-0.39, 0.29) is 5.78 Å². The Bertz CT molecular complexity index is 801. The molecule has 0 bridgehead atoms. The molecule has 0 radical (unpaired) electrons. The molecule has 0 unspecified atom stereocenters. The number of unbranched alkanes of at least 4 members (excludes halogenated alkanes) is 1. The average molecular weight is 557 g/mol. The van der Waals surface area contributed by atoms with E-state index in [0.717, 1.165) is 31.1 Å². The molecule has 0 amide bonds. The molecule has 232 valence electrons. The van der Waals surface area contributed by atoms with Crippen LogP contribution in [0.1, 0.15) is 131 Å². The number of benzene rings is 2. The van der Waals surface area contributed by atoms with Gasteiger partial charge in [-0.25, -0.2) is 0 Å². The van der Waals surface area contributed by atoms with Crippen LogP contribution in [0.5, 0.6) is 0 Å². The SMILES string of the molecule is C=C(CCCC)C(=C)C(C)=O.CC.CC.CC.CC.CC=O.CCCc1ccccc1.Cc1ccc(C)c(C)c1. The van der Waals surface area contributed by atoms with Gasteiger partial charge in [0.1, 0.15) is 6.29 Å². The van der Waals surface area contributed by atoms with Gasteiger partial charge in [0.05, 0.1) is 0 Å². The van der Waals surface area contributed by atoms with Crippen molar-refractivity contribution in [2.45, 2.75) is 136 Å². The van der Waals surface area contributed by atoms with Crippen LogP contribution in [0.15, 0.2) is 72.8 Å². The molecule has 0 saturated heterocycles. The molecule has 0 atom stereocenters. The summed E-state index contributed by atoms with van der Waals surface area (Å²) in [4.78, 5) is 19.6. The third kappa shape index (κ3) is 37.4. The highest BCUT2D eigenvalue weighted by molar-refractivity contribution is 5.96. The number of rotatable bonds is 7. The molecule has 2 rings (SSSR count). The molecule has 0 heterocycles. The van der Waals surface area contributed by atoms with Crippen molar-refractivity contribution in [1.82, 2.24) is 0 Å². The van der Waals surface area contributed by atoms with Crippen molar-refractivity contribution in [3.63, 3.8) is 0 Å². The Morgan fingerprint density at radius 1 is 0.750 bits per heavy atom. The van der Waals surface area contributed by atoms with Crippen molar-refractivity contribution >= 4 is 12.1 Å². The van der Waals surface area contributed by atoms with E-state index in [9.17, 15) is 4.79 Å². The van der Waals surface area contributed by atoms with Crippen LogP contribution < -0.4 is 0 Å². The van der Waals surface area contributed by atoms with E-state index in [1.807, 2.05) is 55.4 Å². The van der Waals surface area contributed by atoms with Crippen molar-refractivity contribution in [1.29, 1.82) is 0 Å². The van der Waals surface area contributed by atoms with E-state index in [1.165, 1.54) is 48.9 Å². The lowest BCUT2D eigenvalue weighted by molar-refractivity contribution is -0.113. The van der Waals surface area contributed by atoms with Gasteiger partial charge in [-0.1, -0.05) is 149 Å². The molecule has 0 saturated carbocycles. The molecule has 2 aromatic carbocycles. The van der Waals surface area contributed by atoms with E-state index < -0.39 is 0 Å². The first-order valence-corrected chi connectivity index (χ1v) is 15.5. The zero-order chi connectivity index (χ0) is 32.9. The van der Waals surface area contributed by atoms with E-state index in [0.29, 0.717) is 5.57 Å². The second kappa shape index (κ2) is 43.3. The van der Waals surface area contributed by atoms with Crippen LogP contribution in [0.25, 0.3) is 0 Å². The summed E-state index contributed by atoms with van der Waals surface area (Å²) >= 11 is 0. The second-order valence-electron chi connectivity index (χ2n) is 7.80. The molecule has 0 aliphatic carbocycles. The quantitative estimate of drug-likeness (QED) is 0.193. The van der Waals surface area contributed by atoms with Gasteiger partial charge >= 0.3 is 0 Å². The topological polar surface area (TPSA) is 34.1 Å². The normalized spacial score (nSPS) is 7.78. The number of hydrogen-bond donors (Lipinski definition) is 0. The highest BCUT2D eigenvalue weighted by Crippen LogP contribution is 2.13. The van der Waals surface area contributed by atoms with Gasteiger partial charge < -0.3 is 4.79 Å². The number of hydrogen-bond acceptors (Lipinski definition) is 2. The highest BCUT2D eigenvalue weighted by Gasteiger charge is 2.03. The number of carbonyl (C=O) groups is 2. The summed E-state index contributed by atoms with van der Waals surface area (Å²) in [6.45, 7) is 37.1. The van der Waals surface area contributed by atoms with Crippen molar-refractivity contribution in [2.24, 2.45) is 0 Å². The summed E-state index contributed by atoms with van der Waals surface area (Å²) < 4.78 is 0. The molecule has 40 heavy (non-hydrogen) atoms. The fourth-order valence-corrected chi connectivity index (χ4v) is 2.61. The summed E-state index contributed by atoms with van der Waals surface area (Å²) in [5.74, 6) is 0.0334. The zero-order valence-electron chi connectivity index (χ0n) is 29.5. The minimum atomic E-state index is 0.0334. The summed E-state index contributed by atoms with van der Waals surface area (Å²) in [6, 6.07) is 17.1. The van der Waals surface area contributed by atoms with Gasteiger partial charge in [0.2, 0.25) is 0 Å². The second-order valence-corrected chi connectivity index (χ2v) is 7.80. The average Bonchev–Trinajstić information content (AvgIpc) is 2.99. The summed E-state index contributed by atoms with van der Waals surface area (Å²) in [5.41, 5.74) is 7.02. The maximum Gasteiger partial charge on any atom is 0.159 e. The monoisotopic (exact) mass is 557 g/mol. The predicted molar refractivity (Wildman–Crippen MR) is 187 cm³/mol. The highest BCUT2D eigenvalue weighted by atomic mass is 16.1. The standard InChI is InChI=1S/C10H16O.2C9H12.C2H4O.4C2H6/c1-5-6-7-8(2)9(3)10(4)11;1-7-4-5-8(2)9(3)6-7;1-2-6-9-7-4-3-5-8-9;1-2-3;4*1-2/h2-3,5-7H2,1,4H3;4-6H,1-3H3;3-5,7-8H,2,6H2,1H3;2H,1H3;4*1-2H3. The van der Waals surface area contributed by atoms with E-state index in [4.69, 9.17) is 4.79 Å². The van der Waals surface area contributed by atoms with Crippen LogP contribution >= 0.6 is 0 Å². The van der Waals surface area contributed by atoms with Crippen molar-refractivity contribution < 1.29 is 9.59 Å². The predicted octanol–water partition coefficient (Wildman–Crippen LogP) is 12.4. The lowest BCUT2D eigenvalue weighted by atomic mass is 10.0. The van der Waals surface area contributed by atoms with Crippen molar-refractivity contribution in [3.05, 3.63) is 95.1 Å². The number of Topliss-reactive ketones (excluding diaryl/α,β-unsaturated/α-hetero) is 1. The molecule has 0 aliphatic rings. The number of ketones is 1. The van der Waals surface area contributed by atoms with Crippen molar-refractivity contribution in [2.75, 3.05) is 0 Å². The fraction of sp³-hybridized carbons (Fsp3) is 0.526. The van der Waals surface area contributed by atoms with Gasteiger partial charge in [0.15, 0.2) is 5.78 Å². The maximum atomic E-state index is 10.8. The first-order valence-electron chi connectivity index (χ1n) is 15.5. The van der Waals surface area contributed by atoms with Gasteiger partial charge in [-0.3, -0.25) is 4.79 Å². The molecular formula is C38H68O2. The van der Waals surface area contributed by atoms with Crippen LogP contribution in [0.4, 0.5) is 0 Å². The van der Waals surface area contributed by atoms with Crippen molar-refractivity contribution in [3.8, 4) is 0 Å². The largest absolute Gasteiger partial charge is 0.304 e. The first kappa shape index (κ1) is 50.1. The van der Waals surface area contributed by atoms with Gasteiger partial charge in [-0.2, -0.15) is 0 Å². The van der Waals surface area contributed by atoms with Gasteiger partial charge in [-0.05, 0) is 76.1 Å². The van der Waals surface area contributed by atoms with Gasteiger partial charge in [0, 0.05) is 5.57 Å². The number of aldehydes is 1. The molecule has 0 spiro atoms. The van der Waals surface area contributed by atoms with E-state index in [2.05, 4.69) is 96.3 Å². The Hall–Kier alpha value is -2.74. The van der Waals surface area contributed by atoms with Crippen LogP contribution in [0.2, 0.25) is 0 Å². The Kier molecular flexibility index (Phi) is 54.3. The third-order valence-corrected chi connectivity index (χ3v) is 4.73. The third-order valence-electron chi connectivity index (χ3n) is 4.73. The molecule has 2 nitrogen and oxygen atoms in total. The van der Waals surface area contributed by atoms with Gasteiger partial charge in [0.25, 0.3) is 0 Å². The molecule has 2 heteroatoms. The van der Waals surface area contributed by atoms with E-state index in [1.54, 1.807) is 0 Å². The van der Waals surface area contributed by atoms with Crippen LogP contribution in [0, 0.1) is 20.8 Å². The lowest BCUT2D eigenvalue weighted by Crippen LogP contribution is -1.97. The summed E-state index contributed by atoms with van der Waals surface area (Å²) in [7, 11) is 0. The molecule has 0 aromatic heterocycles. The fourth-order valence-electron chi connectivity index (χ4n) is 2.61. The van der Waals surface area contributed by atoms with Crippen LogP contribution in [-0.4, -0.2) is 12.1 Å². The van der Waals surface area contributed by atoms with Crippen LogP contribution in [0.3, 0.4) is 0 Å². The minimum Gasteiger partial charge on any atom is -0.304 e. The summed E-state index contributed by atoms with van der Waals surface area (Å²) in [6.07, 6.45) is 6.31. The molecule has 0 N–H and O–H groups in total. The maximum absolute atomic E-state index is 10.8. The lowest BCUT2D eigenvalue weighted by Gasteiger charge is -2.03. The summed E-state index contributed by atoms with van der Waals surface area (Å²) in [5, 5.41) is 0.